The Bertz CT molecular complexity index is 903. The van der Waals surface area contributed by atoms with Gasteiger partial charge in [0.25, 0.3) is 0 Å². The predicted octanol–water partition coefficient (Wildman–Crippen LogP) is 1.74. The summed E-state index contributed by atoms with van der Waals surface area (Å²) in [6, 6.07) is 14.1. The number of benzene rings is 2. The van der Waals surface area contributed by atoms with E-state index in [2.05, 4.69) is 10.6 Å². The zero-order valence-electron chi connectivity index (χ0n) is 15.3. The summed E-state index contributed by atoms with van der Waals surface area (Å²) < 4.78 is 31.7. The Morgan fingerprint density at radius 1 is 1.11 bits per heavy atom. The molecule has 8 heteroatoms. The van der Waals surface area contributed by atoms with E-state index < -0.39 is 10.0 Å². The third-order valence-corrected chi connectivity index (χ3v) is 6.29. The molecular formula is C19H23N3O4S. The highest BCUT2D eigenvalue weighted by atomic mass is 32.2. The maximum Gasteiger partial charge on any atom is 0.315 e. The van der Waals surface area contributed by atoms with E-state index >= 15 is 0 Å². The van der Waals surface area contributed by atoms with Crippen LogP contribution in [0, 0.1) is 0 Å². The second kappa shape index (κ2) is 7.98. The molecule has 0 bridgehead atoms. The number of ether oxygens (including phenoxy) is 1. The molecule has 2 amide bonds. The minimum Gasteiger partial charge on any atom is -0.488 e. The van der Waals surface area contributed by atoms with Crippen LogP contribution < -0.4 is 15.4 Å². The molecule has 27 heavy (non-hydrogen) atoms. The van der Waals surface area contributed by atoms with Gasteiger partial charge in [0, 0.05) is 27.1 Å². The van der Waals surface area contributed by atoms with Crippen LogP contribution in [0.2, 0.25) is 0 Å². The highest BCUT2D eigenvalue weighted by molar-refractivity contribution is 7.89. The maximum absolute atomic E-state index is 12.4. The molecule has 1 aliphatic heterocycles. The van der Waals surface area contributed by atoms with Gasteiger partial charge in [-0.05, 0) is 23.3 Å². The highest BCUT2D eigenvalue weighted by Crippen LogP contribution is 2.27. The number of sulfonamides is 1. The van der Waals surface area contributed by atoms with E-state index in [0.717, 1.165) is 22.0 Å². The van der Waals surface area contributed by atoms with Crippen LogP contribution in [0.5, 0.6) is 5.75 Å². The Morgan fingerprint density at radius 3 is 2.56 bits per heavy atom. The SMILES string of the molecule is CN(C)S(=O)(=O)c1ccccc1CNC(=O)NCC1Cc2ccccc2O1. The van der Waals surface area contributed by atoms with E-state index in [1.54, 1.807) is 18.2 Å². The van der Waals surface area contributed by atoms with Gasteiger partial charge < -0.3 is 15.4 Å². The number of rotatable bonds is 6. The van der Waals surface area contributed by atoms with Crippen LogP contribution in [-0.4, -0.2) is 45.5 Å². The molecule has 1 heterocycles. The molecule has 0 saturated carbocycles. The van der Waals surface area contributed by atoms with Gasteiger partial charge in [-0.3, -0.25) is 0 Å². The topological polar surface area (TPSA) is 87.7 Å². The van der Waals surface area contributed by atoms with Gasteiger partial charge in [0.2, 0.25) is 10.0 Å². The lowest BCUT2D eigenvalue weighted by Gasteiger charge is -2.16. The van der Waals surface area contributed by atoms with Gasteiger partial charge in [-0.25, -0.2) is 17.5 Å². The van der Waals surface area contributed by atoms with Crippen molar-refractivity contribution in [3.63, 3.8) is 0 Å². The fourth-order valence-electron chi connectivity index (χ4n) is 2.91. The van der Waals surface area contributed by atoms with Gasteiger partial charge in [-0.15, -0.1) is 0 Å². The van der Waals surface area contributed by atoms with E-state index in [9.17, 15) is 13.2 Å². The normalized spacial score (nSPS) is 15.9. The Labute approximate surface area is 159 Å². The average molecular weight is 389 g/mol. The van der Waals surface area contributed by atoms with E-state index in [4.69, 9.17) is 4.74 Å². The van der Waals surface area contributed by atoms with Crippen LogP contribution >= 0.6 is 0 Å². The van der Waals surface area contributed by atoms with E-state index in [0.29, 0.717) is 12.1 Å². The smallest absolute Gasteiger partial charge is 0.315 e. The summed E-state index contributed by atoms with van der Waals surface area (Å²) in [5, 5.41) is 5.48. The van der Waals surface area contributed by atoms with Crippen molar-refractivity contribution in [2.45, 2.75) is 24.0 Å². The monoisotopic (exact) mass is 389 g/mol. The first kappa shape index (κ1) is 19.2. The van der Waals surface area contributed by atoms with Gasteiger partial charge in [0.15, 0.2) is 0 Å². The van der Waals surface area contributed by atoms with Crippen molar-refractivity contribution in [3.05, 3.63) is 59.7 Å². The molecule has 0 fully saturated rings. The van der Waals surface area contributed by atoms with Crippen molar-refractivity contribution >= 4 is 16.1 Å². The number of hydrogen-bond acceptors (Lipinski definition) is 4. The van der Waals surface area contributed by atoms with Crippen molar-refractivity contribution in [1.29, 1.82) is 0 Å². The van der Waals surface area contributed by atoms with Gasteiger partial charge in [0.05, 0.1) is 11.4 Å². The van der Waals surface area contributed by atoms with Crippen LogP contribution in [-0.2, 0) is 23.0 Å². The predicted molar refractivity (Wildman–Crippen MR) is 102 cm³/mol. The highest BCUT2D eigenvalue weighted by Gasteiger charge is 2.23. The molecule has 1 atom stereocenters. The summed E-state index contributed by atoms with van der Waals surface area (Å²) in [6.07, 6.45) is 0.648. The van der Waals surface area contributed by atoms with Gasteiger partial charge in [0.1, 0.15) is 11.9 Å². The van der Waals surface area contributed by atoms with Gasteiger partial charge in [-0.2, -0.15) is 0 Å². The number of carbonyl (C=O) groups is 1. The van der Waals surface area contributed by atoms with Crippen LogP contribution in [0.1, 0.15) is 11.1 Å². The van der Waals surface area contributed by atoms with Crippen LogP contribution in [0.25, 0.3) is 0 Å². The molecular weight excluding hydrogens is 366 g/mol. The first-order chi connectivity index (χ1) is 12.9. The van der Waals surface area contributed by atoms with Crippen LogP contribution in [0.4, 0.5) is 4.79 Å². The molecule has 1 unspecified atom stereocenters. The van der Waals surface area contributed by atoms with Crippen molar-refractivity contribution in [2.24, 2.45) is 0 Å². The van der Waals surface area contributed by atoms with Crippen molar-refractivity contribution in [3.8, 4) is 5.75 Å². The van der Waals surface area contributed by atoms with Crippen molar-refractivity contribution < 1.29 is 17.9 Å². The standard InChI is InChI=1S/C19H23N3O4S/c1-22(2)27(24,25)18-10-6-4-8-15(18)12-20-19(23)21-13-16-11-14-7-3-5-9-17(14)26-16/h3-10,16H,11-13H2,1-2H3,(H2,20,21,23). The Hall–Kier alpha value is -2.58. The third kappa shape index (κ3) is 4.40. The summed E-state index contributed by atoms with van der Waals surface area (Å²) >= 11 is 0. The molecule has 2 aromatic carbocycles. The third-order valence-electron chi connectivity index (χ3n) is 4.37. The molecule has 0 radical (unpaired) electrons. The second-order valence-corrected chi connectivity index (χ2v) is 8.63. The van der Waals surface area contributed by atoms with Crippen molar-refractivity contribution in [1.82, 2.24) is 14.9 Å². The maximum atomic E-state index is 12.4. The number of fused-ring (bicyclic) bond motifs is 1. The van der Waals surface area contributed by atoms with E-state index in [1.165, 1.54) is 20.2 Å². The molecule has 2 N–H and O–H groups in total. The molecule has 144 valence electrons. The first-order valence-electron chi connectivity index (χ1n) is 8.64. The van der Waals surface area contributed by atoms with Crippen LogP contribution in [0.15, 0.2) is 53.4 Å². The zero-order valence-corrected chi connectivity index (χ0v) is 16.1. The second-order valence-electron chi connectivity index (χ2n) is 6.51. The summed E-state index contributed by atoms with van der Waals surface area (Å²) in [7, 11) is -0.614. The van der Waals surface area contributed by atoms with Gasteiger partial charge >= 0.3 is 6.03 Å². The minimum atomic E-state index is -3.57. The van der Waals surface area contributed by atoms with E-state index in [1.807, 2.05) is 24.3 Å². The largest absolute Gasteiger partial charge is 0.488 e. The fourth-order valence-corrected chi connectivity index (χ4v) is 4.03. The number of para-hydroxylation sites is 1. The van der Waals surface area contributed by atoms with Gasteiger partial charge in [-0.1, -0.05) is 36.4 Å². The fraction of sp³-hybridized carbons (Fsp3) is 0.316. The molecule has 0 aliphatic carbocycles. The Kier molecular flexibility index (Phi) is 5.67. The lowest BCUT2D eigenvalue weighted by Crippen LogP contribution is -2.40. The zero-order chi connectivity index (χ0) is 19.4. The summed E-state index contributed by atoms with van der Waals surface area (Å²) in [6.45, 7) is 0.485. The molecule has 7 nitrogen and oxygen atoms in total. The molecule has 0 aromatic heterocycles. The number of nitrogens with zero attached hydrogens (tertiary/aromatic N) is 1. The number of urea groups is 1. The summed E-state index contributed by atoms with van der Waals surface area (Å²) in [4.78, 5) is 12.3. The van der Waals surface area contributed by atoms with E-state index in [-0.39, 0.29) is 23.6 Å². The lowest BCUT2D eigenvalue weighted by molar-refractivity contribution is 0.213. The average Bonchev–Trinajstić information content (AvgIpc) is 3.07. The quantitative estimate of drug-likeness (QED) is 0.788. The van der Waals surface area contributed by atoms with Crippen molar-refractivity contribution in [2.75, 3.05) is 20.6 Å². The molecule has 2 aromatic rings. The molecule has 3 rings (SSSR count). The minimum absolute atomic E-state index is 0.102. The number of carbonyl (C=O) groups excluding carboxylic acids is 1. The number of nitrogens with one attached hydrogen (secondary N) is 2. The molecule has 0 saturated heterocycles. The molecule has 1 aliphatic rings. The summed E-state index contributed by atoms with van der Waals surface area (Å²) in [5.74, 6) is 0.854. The van der Waals surface area contributed by atoms with Crippen LogP contribution in [0.3, 0.4) is 0 Å². The summed E-state index contributed by atoms with van der Waals surface area (Å²) in [5.41, 5.74) is 1.67. The number of hydrogen-bond donors (Lipinski definition) is 2. The lowest BCUT2D eigenvalue weighted by atomic mass is 10.1. The Balaban J connectivity index is 1.53. The Morgan fingerprint density at radius 2 is 1.81 bits per heavy atom. The molecule has 0 spiro atoms. The number of amides is 2. The first-order valence-corrected chi connectivity index (χ1v) is 10.1.